The number of phenolic OH excluding ortho intramolecular Hbond substituents is 1. The molecule has 2 aromatic heterocycles. The van der Waals surface area contributed by atoms with Crippen LogP contribution in [0.1, 0.15) is 42.1 Å². The van der Waals surface area contributed by atoms with Crippen molar-refractivity contribution in [2.45, 2.75) is 33.6 Å². The van der Waals surface area contributed by atoms with Crippen LogP contribution < -0.4 is 5.56 Å². The van der Waals surface area contributed by atoms with E-state index in [1.165, 1.54) is 11.3 Å². The van der Waals surface area contributed by atoms with Gasteiger partial charge < -0.3 is 10.1 Å². The van der Waals surface area contributed by atoms with Gasteiger partial charge in [0.25, 0.3) is 5.56 Å². The lowest BCUT2D eigenvalue weighted by Crippen LogP contribution is -2.12. The second-order valence-electron chi connectivity index (χ2n) is 6.54. The molecule has 0 aliphatic heterocycles. The monoisotopic (exact) mass is 388 g/mol. The topological polar surface area (TPSA) is 66.0 Å². The zero-order valence-corrected chi connectivity index (χ0v) is 16.5. The van der Waals surface area contributed by atoms with Gasteiger partial charge in [-0.25, -0.2) is 4.98 Å². The Morgan fingerprint density at radius 2 is 2.23 bits per heavy atom. The van der Waals surface area contributed by atoms with Crippen molar-refractivity contribution in [2.24, 2.45) is 5.92 Å². The van der Waals surface area contributed by atoms with Crippen LogP contribution in [0.15, 0.2) is 29.1 Å². The number of aryl methyl sites for hydroxylation is 1. The third kappa shape index (κ3) is 3.84. The number of aromatic hydroxyl groups is 1. The summed E-state index contributed by atoms with van der Waals surface area (Å²) in [6.45, 7) is 6.38. The van der Waals surface area contributed by atoms with E-state index in [4.69, 9.17) is 11.6 Å². The first-order valence-electron chi connectivity index (χ1n) is 8.58. The van der Waals surface area contributed by atoms with Crippen molar-refractivity contribution in [2.75, 3.05) is 0 Å². The van der Waals surface area contributed by atoms with Crippen LogP contribution in [0.2, 0.25) is 0 Å². The second-order valence-corrected chi connectivity index (χ2v) is 8.15. The molecule has 0 bridgehead atoms. The molecule has 0 aliphatic rings. The average molecular weight is 389 g/mol. The van der Waals surface area contributed by atoms with E-state index in [0.717, 1.165) is 28.8 Å². The predicted molar refractivity (Wildman–Crippen MR) is 110 cm³/mol. The van der Waals surface area contributed by atoms with Gasteiger partial charge in [-0.1, -0.05) is 44.0 Å². The summed E-state index contributed by atoms with van der Waals surface area (Å²) in [5.41, 5.74) is 1.67. The Balaban J connectivity index is 2.05. The van der Waals surface area contributed by atoms with Crippen LogP contribution in [0.4, 0.5) is 0 Å². The molecule has 3 rings (SSSR count). The van der Waals surface area contributed by atoms with E-state index >= 15 is 0 Å². The third-order valence-electron chi connectivity index (χ3n) is 4.50. The molecule has 0 saturated heterocycles. The maximum Gasteiger partial charge on any atom is 0.260 e. The Hall–Kier alpha value is -2.11. The lowest BCUT2D eigenvalue weighted by Gasteiger charge is -2.08. The maximum absolute atomic E-state index is 12.7. The number of aromatic nitrogens is 2. The van der Waals surface area contributed by atoms with Gasteiger partial charge in [-0.15, -0.1) is 11.3 Å². The van der Waals surface area contributed by atoms with Crippen molar-refractivity contribution >= 4 is 44.3 Å². The smallest absolute Gasteiger partial charge is 0.260 e. The molecule has 26 heavy (non-hydrogen) atoms. The highest BCUT2D eigenvalue weighted by Gasteiger charge is 2.17. The molecule has 2 N–H and O–H groups in total. The number of benzene rings is 1. The first-order chi connectivity index (χ1) is 12.4. The number of halogens is 1. The number of phenols is 1. The molecule has 0 aliphatic carbocycles. The minimum Gasteiger partial charge on any atom is -0.508 e. The first kappa shape index (κ1) is 18.7. The fraction of sp³-hybridized carbons (Fsp3) is 0.300. The first-order valence-corrected chi connectivity index (χ1v) is 9.77. The Bertz CT molecular complexity index is 1040. The SMILES string of the molecule is CC[C@H](C)Cc1c(C)sc2nc(/C(Cl)=C/c3cccc(O)c3)[nH]c(=O)c12. The largest absolute Gasteiger partial charge is 0.508 e. The highest BCUT2D eigenvalue weighted by Crippen LogP contribution is 2.31. The number of thiophene rings is 1. The van der Waals surface area contributed by atoms with Crippen molar-refractivity contribution < 1.29 is 5.11 Å². The minimum atomic E-state index is -0.157. The Labute approximate surface area is 161 Å². The van der Waals surface area contributed by atoms with Gasteiger partial charge in [-0.05, 0) is 48.6 Å². The molecule has 136 valence electrons. The molecule has 1 aromatic carbocycles. The van der Waals surface area contributed by atoms with Crippen LogP contribution in [-0.2, 0) is 6.42 Å². The number of fused-ring (bicyclic) bond motifs is 1. The van der Waals surface area contributed by atoms with Crippen LogP contribution >= 0.6 is 22.9 Å². The molecule has 0 spiro atoms. The summed E-state index contributed by atoms with van der Waals surface area (Å²) in [6.07, 6.45) is 3.61. The van der Waals surface area contributed by atoms with Crippen LogP contribution in [0, 0.1) is 12.8 Å². The van der Waals surface area contributed by atoms with E-state index in [2.05, 4.69) is 23.8 Å². The molecule has 6 heteroatoms. The normalized spacial score (nSPS) is 13.3. The molecule has 3 aromatic rings. The summed E-state index contributed by atoms with van der Waals surface area (Å²) < 4.78 is 0. The summed E-state index contributed by atoms with van der Waals surface area (Å²) >= 11 is 7.90. The quantitative estimate of drug-likeness (QED) is 0.621. The number of nitrogens with zero attached hydrogens (tertiary/aromatic N) is 1. The highest BCUT2D eigenvalue weighted by atomic mass is 35.5. The number of hydrogen-bond donors (Lipinski definition) is 2. The highest BCUT2D eigenvalue weighted by molar-refractivity contribution is 7.18. The molecule has 0 fully saturated rings. The molecule has 1 atom stereocenters. The summed E-state index contributed by atoms with van der Waals surface area (Å²) in [6, 6.07) is 6.73. The van der Waals surface area contributed by atoms with Crippen LogP contribution in [0.5, 0.6) is 5.75 Å². The van der Waals surface area contributed by atoms with Gasteiger partial charge >= 0.3 is 0 Å². The van der Waals surface area contributed by atoms with Gasteiger partial charge in [0, 0.05) is 4.88 Å². The molecule has 0 unspecified atom stereocenters. The molecule has 0 saturated carbocycles. The lowest BCUT2D eigenvalue weighted by molar-refractivity contribution is 0.475. The van der Waals surface area contributed by atoms with E-state index < -0.39 is 0 Å². The van der Waals surface area contributed by atoms with Gasteiger partial charge in [0.1, 0.15) is 10.6 Å². The van der Waals surface area contributed by atoms with E-state index in [0.29, 0.717) is 27.0 Å². The van der Waals surface area contributed by atoms with Gasteiger partial charge in [0.05, 0.1) is 10.4 Å². The van der Waals surface area contributed by atoms with Crippen molar-refractivity contribution in [3.8, 4) is 5.75 Å². The number of hydrogen-bond acceptors (Lipinski definition) is 4. The van der Waals surface area contributed by atoms with Gasteiger partial charge in [0.15, 0.2) is 5.82 Å². The van der Waals surface area contributed by atoms with E-state index in [1.54, 1.807) is 24.3 Å². The van der Waals surface area contributed by atoms with Crippen LogP contribution in [-0.4, -0.2) is 15.1 Å². The third-order valence-corrected chi connectivity index (χ3v) is 5.83. The van der Waals surface area contributed by atoms with Crippen LogP contribution in [0.25, 0.3) is 21.3 Å². The summed E-state index contributed by atoms with van der Waals surface area (Å²) in [4.78, 5) is 21.9. The second kappa shape index (κ2) is 7.64. The van der Waals surface area contributed by atoms with Crippen LogP contribution in [0.3, 0.4) is 0 Å². The molecule has 4 nitrogen and oxygen atoms in total. The van der Waals surface area contributed by atoms with Crippen molar-refractivity contribution in [1.29, 1.82) is 0 Å². The van der Waals surface area contributed by atoms with E-state index in [-0.39, 0.29) is 11.3 Å². The number of H-pyrrole nitrogens is 1. The Morgan fingerprint density at radius 1 is 1.46 bits per heavy atom. The lowest BCUT2D eigenvalue weighted by atomic mass is 9.98. The van der Waals surface area contributed by atoms with Gasteiger partial charge in [0.2, 0.25) is 0 Å². The fourth-order valence-corrected chi connectivity index (χ4v) is 4.13. The minimum absolute atomic E-state index is 0.156. The average Bonchev–Trinajstić information content (AvgIpc) is 2.90. The Kier molecular flexibility index (Phi) is 5.49. The summed E-state index contributed by atoms with van der Waals surface area (Å²) in [7, 11) is 0. The maximum atomic E-state index is 12.7. The number of aromatic amines is 1. The predicted octanol–water partition coefficient (Wildman–Crippen LogP) is 5.32. The van der Waals surface area contributed by atoms with Gasteiger partial charge in [-0.3, -0.25) is 4.79 Å². The van der Waals surface area contributed by atoms with Crippen molar-refractivity contribution in [3.05, 3.63) is 56.4 Å². The molecule has 0 radical (unpaired) electrons. The van der Waals surface area contributed by atoms with Crippen molar-refractivity contribution in [3.63, 3.8) is 0 Å². The van der Waals surface area contributed by atoms with Gasteiger partial charge in [-0.2, -0.15) is 0 Å². The Morgan fingerprint density at radius 3 is 2.92 bits per heavy atom. The standard InChI is InChI=1S/C20H21ClN2O2S/c1-4-11(2)8-15-12(3)26-20-17(15)19(25)22-18(23-20)16(21)10-13-6-5-7-14(24)9-13/h5-7,9-11,24H,4,8H2,1-3H3,(H,22,23,25)/b16-10-/t11-/m0/s1. The fourth-order valence-electron chi connectivity index (χ4n) is 2.86. The molecule has 2 heterocycles. The molecule has 0 amide bonds. The molecular formula is C20H21ClN2O2S. The number of rotatable bonds is 5. The summed E-state index contributed by atoms with van der Waals surface area (Å²) in [5.74, 6) is 1.01. The van der Waals surface area contributed by atoms with Crippen molar-refractivity contribution in [1.82, 2.24) is 9.97 Å². The van der Waals surface area contributed by atoms with E-state index in [1.807, 2.05) is 13.0 Å². The summed E-state index contributed by atoms with van der Waals surface area (Å²) in [5, 5.41) is 10.6. The number of nitrogens with one attached hydrogen (secondary N) is 1. The molecular weight excluding hydrogens is 368 g/mol. The zero-order chi connectivity index (χ0) is 18.8. The zero-order valence-electron chi connectivity index (χ0n) is 15.0. The van der Waals surface area contributed by atoms with E-state index in [9.17, 15) is 9.90 Å².